The highest BCUT2D eigenvalue weighted by molar-refractivity contribution is 7.80. The largest absolute Gasteiger partial charge is 0.480 e. The number of nitrogens with zero attached hydrogens (tertiary/aromatic N) is 1. The number of H-pyrrole nitrogens is 2. The number of aliphatic carboxylic acids is 1. The summed E-state index contributed by atoms with van der Waals surface area (Å²) in [4.78, 5) is 18.5. The molecule has 2 aromatic rings. The average Bonchev–Trinajstić information content (AvgIpc) is 2.42. The zero-order valence-corrected chi connectivity index (χ0v) is 13.4. The normalized spacial score (nSPS) is 10.3. The Morgan fingerprint density at radius 1 is 1.24 bits per heavy atom. The van der Waals surface area contributed by atoms with E-state index in [1.54, 1.807) is 4.90 Å². The minimum absolute atomic E-state index is 0.137. The number of benzene rings is 1. The lowest BCUT2D eigenvalue weighted by molar-refractivity contribution is -0.135. The highest BCUT2D eigenvalue weighted by Crippen LogP contribution is 2.19. The maximum Gasteiger partial charge on any atom is 0.323 e. The summed E-state index contributed by atoms with van der Waals surface area (Å²) in [5.41, 5.74) is 1.50. The minimum atomic E-state index is -0.918. The Labute approximate surface area is 137 Å². The molecule has 1 heterocycles. The number of anilines is 1. The van der Waals surface area contributed by atoms with Gasteiger partial charge >= 0.3 is 5.97 Å². The van der Waals surface area contributed by atoms with Crippen LogP contribution in [0, 0.1) is 9.41 Å². The number of aromatic nitrogens is 2. The van der Waals surface area contributed by atoms with E-state index in [2.05, 4.69) is 22.6 Å². The van der Waals surface area contributed by atoms with Gasteiger partial charge in [-0.3, -0.25) is 4.79 Å². The highest BCUT2D eigenvalue weighted by Gasteiger charge is 2.14. The SMILES string of the molecule is O=C(O)CN(Cc1c(S)[nH]c(=S)[nH]c1=S)c1ccccc1. The van der Waals surface area contributed by atoms with Crippen molar-refractivity contribution in [2.45, 2.75) is 11.6 Å². The number of carboxylic acid groups (broad SMARTS) is 1. The van der Waals surface area contributed by atoms with Crippen molar-refractivity contribution in [1.82, 2.24) is 9.97 Å². The van der Waals surface area contributed by atoms with Crippen LogP contribution in [0.4, 0.5) is 5.69 Å². The molecule has 1 aromatic carbocycles. The maximum atomic E-state index is 11.1. The number of rotatable bonds is 5. The smallest absolute Gasteiger partial charge is 0.323 e. The van der Waals surface area contributed by atoms with Crippen molar-refractivity contribution in [3.8, 4) is 0 Å². The van der Waals surface area contributed by atoms with Crippen LogP contribution in [0.5, 0.6) is 0 Å². The molecule has 0 radical (unpaired) electrons. The fourth-order valence-electron chi connectivity index (χ4n) is 1.88. The van der Waals surface area contributed by atoms with E-state index < -0.39 is 5.97 Å². The second-order valence-corrected chi connectivity index (χ2v) is 5.58. The molecule has 0 fully saturated rings. The molecule has 0 spiro atoms. The topological polar surface area (TPSA) is 72.1 Å². The number of para-hydroxylation sites is 1. The molecular formula is C13H13N3O2S3. The summed E-state index contributed by atoms with van der Waals surface area (Å²) in [6, 6.07) is 9.27. The van der Waals surface area contributed by atoms with Gasteiger partial charge in [0.15, 0.2) is 4.77 Å². The zero-order chi connectivity index (χ0) is 15.4. The zero-order valence-electron chi connectivity index (χ0n) is 10.9. The number of hydrogen-bond acceptors (Lipinski definition) is 5. The predicted octanol–water partition coefficient (Wildman–Crippen LogP) is 3.18. The maximum absolute atomic E-state index is 11.1. The number of aromatic amines is 2. The van der Waals surface area contributed by atoms with Gasteiger partial charge in [0.05, 0.1) is 5.03 Å². The molecule has 0 saturated carbocycles. The lowest BCUT2D eigenvalue weighted by Crippen LogP contribution is -2.29. The monoisotopic (exact) mass is 339 g/mol. The van der Waals surface area contributed by atoms with Crippen molar-refractivity contribution < 1.29 is 9.90 Å². The lowest BCUT2D eigenvalue weighted by atomic mass is 10.2. The summed E-state index contributed by atoms with van der Waals surface area (Å²) in [6.45, 7) is 0.179. The first kappa shape index (κ1) is 15.7. The summed E-state index contributed by atoms with van der Waals surface area (Å²) in [5, 5.41) is 9.62. The Bertz CT molecular complexity index is 755. The molecule has 0 aliphatic carbocycles. The fraction of sp³-hybridized carbons (Fsp3) is 0.154. The molecule has 8 heteroatoms. The van der Waals surface area contributed by atoms with Crippen LogP contribution in [0.1, 0.15) is 5.56 Å². The van der Waals surface area contributed by atoms with Crippen LogP contribution in [-0.4, -0.2) is 27.6 Å². The molecule has 0 atom stereocenters. The van der Waals surface area contributed by atoms with E-state index in [9.17, 15) is 4.79 Å². The average molecular weight is 339 g/mol. The van der Waals surface area contributed by atoms with Crippen LogP contribution in [0.3, 0.4) is 0 Å². The van der Waals surface area contributed by atoms with Gasteiger partial charge in [0, 0.05) is 17.8 Å². The van der Waals surface area contributed by atoms with Crippen molar-refractivity contribution in [2.24, 2.45) is 0 Å². The third kappa shape index (κ3) is 4.16. The molecule has 0 unspecified atom stereocenters. The Hall–Kier alpha value is -1.64. The standard InChI is InChI=1S/C13H13N3O2S3/c17-10(18)7-16(8-4-2-1-3-5-8)6-9-11(19)14-13(21)15-12(9)20/h1-5H,6-7H2,(H,17,18)(H3,14,15,19,20,21). The molecule has 0 aliphatic heterocycles. The predicted molar refractivity (Wildman–Crippen MR) is 89.2 cm³/mol. The van der Waals surface area contributed by atoms with Crippen LogP contribution in [0.2, 0.25) is 0 Å². The number of carboxylic acids is 1. The van der Waals surface area contributed by atoms with E-state index in [1.165, 1.54) is 0 Å². The van der Waals surface area contributed by atoms with E-state index in [-0.39, 0.29) is 6.54 Å². The highest BCUT2D eigenvalue weighted by atomic mass is 32.1. The van der Waals surface area contributed by atoms with Crippen molar-refractivity contribution >= 4 is 48.7 Å². The number of hydrogen-bond donors (Lipinski definition) is 4. The Morgan fingerprint density at radius 2 is 1.90 bits per heavy atom. The Kier molecular flexibility index (Phi) is 5.16. The van der Waals surface area contributed by atoms with E-state index >= 15 is 0 Å². The third-order valence-electron chi connectivity index (χ3n) is 2.82. The molecule has 21 heavy (non-hydrogen) atoms. The van der Waals surface area contributed by atoms with Crippen molar-refractivity contribution in [3.05, 3.63) is 45.3 Å². The first-order valence-electron chi connectivity index (χ1n) is 6.03. The number of thiol groups is 1. The minimum Gasteiger partial charge on any atom is -0.480 e. The van der Waals surface area contributed by atoms with Gasteiger partial charge in [-0.05, 0) is 24.4 Å². The van der Waals surface area contributed by atoms with Crippen LogP contribution in [-0.2, 0) is 11.3 Å². The van der Waals surface area contributed by atoms with Crippen molar-refractivity contribution in [1.29, 1.82) is 0 Å². The molecular weight excluding hydrogens is 326 g/mol. The molecule has 2 rings (SSSR count). The van der Waals surface area contributed by atoms with Crippen LogP contribution < -0.4 is 4.90 Å². The quantitative estimate of drug-likeness (QED) is 0.383. The van der Waals surface area contributed by atoms with Crippen LogP contribution in [0.25, 0.3) is 0 Å². The first-order chi connectivity index (χ1) is 9.97. The molecule has 1 aromatic heterocycles. The van der Waals surface area contributed by atoms with Gasteiger partial charge in [0.25, 0.3) is 0 Å². The van der Waals surface area contributed by atoms with Gasteiger partial charge in [-0.2, -0.15) is 0 Å². The molecule has 0 saturated heterocycles. The molecule has 0 amide bonds. The van der Waals surface area contributed by atoms with E-state index in [1.807, 2.05) is 30.3 Å². The number of nitrogens with one attached hydrogen (secondary N) is 2. The van der Waals surface area contributed by atoms with Gasteiger partial charge in [0.2, 0.25) is 0 Å². The summed E-state index contributed by atoms with van der Waals surface area (Å²) in [5.74, 6) is -0.918. The van der Waals surface area contributed by atoms with Crippen LogP contribution in [0.15, 0.2) is 35.4 Å². The van der Waals surface area contributed by atoms with Crippen molar-refractivity contribution in [3.63, 3.8) is 0 Å². The molecule has 0 aliphatic rings. The van der Waals surface area contributed by atoms with E-state index in [0.29, 0.717) is 26.5 Å². The third-order valence-corrected chi connectivity index (χ3v) is 3.75. The molecule has 0 bridgehead atoms. The van der Waals surface area contributed by atoms with Gasteiger partial charge in [-0.25, -0.2) is 0 Å². The second kappa shape index (κ2) is 6.88. The fourth-order valence-corrected chi connectivity index (χ4v) is 2.86. The molecule has 5 nitrogen and oxygen atoms in total. The summed E-state index contributed by atoms with van der Waals surface area (Å²) >= 11 is 14.6. The Morgan fingerprint density at radius 3 is 2.48 bits per heavy atom. The molecule has 110 valence electrons. The number of carbonyl (C=O) groups is 1. The summed E-state index contributed by atoms with van der Waals surface area (Å²) in [6.07, 6.45) is 0. The van der Waals surface area contributed by atoms with E-state index in [0.717, 1.165) is 5.69 Å². The van der Waals surface area contributed by atoms with E-state index in [4.69, 9.17) is 29.5 Å². The Balaban J connectivity index is 2.38. The summed E-state index contributed by atoms with van der Waals surface area (Å²) in [7, 11) is 0. The van der Waals surface area contributed by atoms with Gasteiger partial charge in [-0.15, -0.1) is 12.6 Å². The van der Waals surface area contributed by atoms with Crippen molar-refractivity contribution in [2.75, 3.05) is 11.4 Å². The van der Waals surface area contributed by atoms with Gasteiger partial charge < -0.3 is 20.0 Å². The van der Waals surface area contributed by atoms with Gasteiger partial charge in [0.1, 0.15) is 11.2 Å². The van der Waals surface area contributed by atoms with Gasteiger partial charge in [-0.1, -0.05) is 30.4 Å². The lowest BCUT2D eigenvalue weighted by Gasteiger charge is -2.23. The second-order valence-electron chi connectivity index (χ2n) is 4.32. The van der Waals surface area contributed by atoms with Crippen LogP contribution >= 0.6 is 37.1 Å². The first-order valence-corrected chi connectivity index (χ1v) is 7.30. The molecule has 3 N–H and O–H groups in total. The summed E-state index contributed by atoms with van der Waals surface area (Å²) < 4.78 is 0.841.